The van der Waals surface area contributed by atoms with Gasteiger partial charge in [0, 0.05) is 12.7 Å². The van der Waals surface area contributed by atoms with E-state index in [1.807, 2.05) is 12.4 Å². The average molecular weight is 549 g/mol. The molecule has 13 heteroatoms. The number of amides is 1. The molecular weight excluding hydrogens is 516 g/mol. The Balaban J connectivity index is 1.97. The van der Waals surface area contributed by atoms with Crippen LogP contribution in [-0.4, -0.2) is 73.0 Å². The summed E-state index contributed by atoms with van der Waals surface area (Å²) in [6.07, 6.45) is -0.466. The largest absolute Gasteiger partial charge is 0.506 e. The Morgan fingerprint density at radius 3 is 2.67 bits per heavy atom. The third kappa shape index (κ3) is 5.94. The number of terminal acetylenes is 1. The lowest BCUT2D eigenvalue weighted by atomic mass is 9.86. The van der Waals surface area contributed by atoms with Crippen molar-refractivity contribution in [3.8, 4) is 23.8 Å². The van der Waals surface area contributed by atoms with Crippen LogP contribution in [0.2, 0.25) is 0 Å². The number of aliphatic hydroxyl groups is 1. The molecule has 0 aliphatic carbocycles. The number of carbonyl (C=O) groups excluding carboxylic acids is 1. The molecule has 0 spiro atoms. The summed E-state index contributed by atoms with van der Waals surface area (Å²) in [5, 5.41) is 25.8. The van der Waals surface area contributed by atoms with Gasteiger partial charge in [-0.25, -0.2) is 9.59 Å². The third-order valence-corrected chi connectivity index (χ3v) is 6.49. The third-order valence-electron chi connectivity index (χ3n) is 6.49. The zero-order valence-corrected chi connectivity index (χ0v) is 22.5. The number of aromatic hydroxyl groups is 1. The summed E-state index contributed by atoms with van der Waals surface area (Å²) < 4.78 is 28.6. The molecule has 1 amide bonds. The van der Waals surface area contributed by atoms with Crippen molar-refractivity contribution in [3.63, 3.8) is 0 Å². The number of rotatable bonds is 9. The number of aryl methyl sites for hydroxylation is 1. The minimum atomic E-state index is -1.52. The molecule has 5 atom stereocenters. The minimum absolute atomic E-state index is 0.0557. The smallest absolute Gasteiger partial charge is 0.431 e. The van der Waals surface area contributed by atoms with E-state index in [-0.39, 0.29) is 40.4 Å². The second-order valence-corrected chi connectivity index (χ2v) is 8.92. The molecule has 3 rings (SSSR count). The van der Waals surface area contributed by atoms with E-state index in [1.54, 1.807) is 13.8 Å². The second-order valence-electron chi connectivity index (χ2n) is 8.92. The van der Waals surface area contributed by atoms with Crippen LogP contribution < -0.4 is 15.8 Å². The van der Waals surface area contributed by atoms with E-state index >= 15 is 0 Å². The van der Waals surface area contributed by atoms with Crippen molar-refractivity contribution in [2.45, 2.75) is 64.3 Å². The molecule has 0 radical (unpaired) electrons. The number of oxime groups is 1. The first-order valence-electron chi connectivity index (χ1n) is 12.0. The molecule has 1 fully saturated rings. The van der Waals surface area contributed by atoms with Gasteiger partial charge in [-0.15, -0.1) is 6.42 Å². The Kier molecular flexibility index (Phi) is 9.41. The van der Waals surface area contributed by atoms with Crippen LogP contribution in [0, 0.1) is 19.3 Å². The first kappa shape index (κ1) is 29.7. The van der Waals surface area contributed by atoms with Gasteiger partial charge in [-0.1, -0.05) is 18.0 Å². The molecule has 1 saturated heterocycles. The van der Waals surface area contributed by atoms with Crippen molar-refractivity contribution in [2.24, 2.45) is 5.16 Å². The number of ether oxygens (including phenoxy) is 4. The molecule has 3 N–H and O–H groups in total. The lowest BCUT2D eigenvalue weighted by Crippen LogP contribution is -2.66. The van der Waals surface area contributed by atoms with E-state index in [0.717, 1.165) is 0 Å². The maximum Gasteiger partial charge on any atom is 0.431 e. The lowest BCUT2D eigenvalue weighted by Gasteiger charge is -2.48. The van der Waals surface area contributed by atoms with E-state index in [4.69, 9.17) is 39.5 Å². The quantitative estimate of drug-likeness (QED) is 0.138. The molecule has 2 heterocycles. The highest BCUT2D eigenvalue weighted by molar-refractivity contribution is 6.04. The average Bonchev–Trinajstić information content (AvgIpc) is 2.89. The molecule has 1 aromatic carbocycles. The van der Waals surface area contributed by atoms with Crippen molar-refractivity contribution in [1.82, 2.24) is 5.48 Å². The molecule has 13 nitrogen and oxygen atoms in total. The van der Waals surface area contributed by atoms with Gasteiger partial charge in [0.05, 0.1) is 16.7 Å². The first-order chi connectivity index (χ1) is 18.5. The summed E-state index contributed by atoms with van der Waals surface area (Å²) in [6.45, 7) is 6.46. The van der Waals surface area contributed by atoms with Crippen LogP contribution in [0.1, 0.15) is 38.3 Å². The maximum atomic E-state index is 12.7. The molecule has 1 aromatic heterocycles. The summed E-state index contributed by atoms with van der Waals surface area (Å²) in [6, 6.07) is 3.00. The molecule has 212 valence electrons. The van der Waals surface area contributed by atoms with Gasteiger partial charge in [-0.05, 0) is 39.3 Å². The van der Waals surface area contributed by atoms with Gasteiger partial charge in [0.25, 0.3) is 0 Å². The maximum absolute atomic E-state index is 12.7. The number of nitrogens with one attached hydrogen (secondary N) is 1. The van der Waals surface area contributed by atoms with Gasteiger partial charge in [0.2, 0.25) is 6.29 Å². The Morgan fingerprint density at radius 1 is 1.33 bits per heavy atom. The number of methoxy groups -OCH3 is 1. The normalized spacial score (nSPS) is 25.1. The summed E-state index contributed by atoms with van der Waals surface area (Å²) in [4.78, 5) is 34.4. The molecule has 2 aromatic rings. The monoisotopic (exact) mass is 548 g/mol. The molecule has 0 bridgehead atoms. The number of benzene rings is 1. The number of hydroxylamine groups is 1. The minimum Gasteiger partial charge on any atom is -0.506 e. The van der Waals surface area contributed by atoms with E-state index in [0.29, 0.717) is 12.0 Å². The van der Waals surface area contributed by atoms with Crippen molar-refractivity contribution in [2.75, 3.05) is 20.8 Å². The number of hydrogen-bond acceptors (Lipinski definition) is 12. The summed E-state index contributed by atoms with van der Waals surface area (Å²) in [5.74, 6) is 2.03. The van der Waals surface area contributed by atoms with Crippen LogP contribution in [0.3, 0.4) is 0 Å². The van der Waals surface area contributed by atoms with Gasteiger partial charge in [0.15, 0.2) is 12.2 Å². The van der Waals surface area contributed by atoms with Crippen LogP contribution in [0.4, 0.5) is 4.79 Å². The number of aliphatic hydroxyl groups excluding tert-OH is 1. The molecule has 1 aliphatic heterocycles. The van der Waals surface area contributed by atoms with Crippen LogP contribution in [0.15, 0.2) is 26.5 Å². The first-order valence-corrected chi connectivity index (χ1v) is 12.0. The zero-order chi connectivity index (χ0) is 28.9. The van der Waals surface area contributed by atoms with Gasteiger partial charge < -0.3 is 38.4 Å². The highest BCUT2D eigenvalue weighted by atomic mass is 16.7. The Bertz CT molecular complexity index is 1330. The molecule has 39 heavy (non-hydrogen) atoms. The van der Waals surface area contributed by atoms with Crippen molar-refractivity contribution < 1.29 is 48.0 Å². The standard InChI is InChI=1S/C26H32N2O11/c1-8-12-35-28-25(32)38-21-19(30)24(39-26(5,9-2)22(21)33-6)36-16-11-10-15-18(29)17(14(4)27-34-7)23(31)37-20(15)13(16)3/h1,10-11,19,21-22,24,29-30H,9,12H2,2-7H3,(H,28,32)/t19-,21+,22-,24?,26+/m1/s1. The van der Waals surface area contributed by atoms with E-state index < -0.39 is 41.9 Å². The molecule has 1 aliphatic rings. The van der Waals surface area contributed by atoms with Crippen molar-refractivity contribution in [1.29, 1.82) is 0 Å². The van der Waals surface area contributed by atoms with Crippen molar-refractivity contribution in [3.05, 3.63) is 33.7 Å². The molecule has 0 saturated carbocycles. The molecular formula is C26H32N2O11. The summed E-state index contributed by atoms with van der Waals surface area (Å²) in [5.41, 5.74) is 0.538. The van der Waals surface area contributed by atoms with Gasteiger partial charge >= 0.3 is 11.7 Å². The Hall–Kier alpha value is -3.83. The van der Waals surface area contributed by atoms with E-state index in [9.17, 15) is 19.8 Å². The van der Waals surface area contributed by atoms with Gasteiger partial charge in [0.1, 0.15) is 42.5 Å². The fourth-order valence-corrected chi connectivity index (χ4v) is 4.38. The second kappa shape index (κ2) is 12.4. The van der Waals surface area contributed by atoms with Crippen molar-refractivity contribution >= 4 is 22.8 Å². The van der Waals surface area contributed by atoms with Crippen LogP contribution in [0.25, 0.3) is 11.0 Å². The van der Waals surface area contributed by atoms with Crippen LogP contribution in [-0.2, 0) is 23.9 Å². The van der Waals surface area contributed by atoms with Crippen LogP contribution in [0.5, 0.6) is 11.5 Å². The Morgan fingerprint density at radius 2 is 2.05 bits per heavy atom. The number of carbonyl (C=O) groups is 1. The van der Waals surface area contributed by atoms with E-state index in [2.05, 4.69) is 11.1 Å². The predicted octanol–water partition coefficient (Wildman–Crippen LogP) is 2.12. The Labute approximate surface area is 224 Å². The highest BCUT2D eigenvalue weighted by Crippen LogP contribution is 2.39. The molecule has 1 unspecified atom stereocenters. The zero-order valence-electron chi connectivity index (χ0n) is 22.5. The summed E-state index contributed by atoms with van der Waals surface area (Å²) in [7, 11) is 2.71. The topological polar surface area (TPSA) is 168 Å². The fraction of sp³-hybridized carbons (Fsp3) is 0.500. The SMILES string of the molecule is C#CCONC(=O)O[C@@H]1[C@@H](OC)[C@](C)(CC)OC(Oc2ccc3c(O)c(C(C)=NOC)c(=O)oc3c2C)[C@@H]1O. The summed E-state index contributed by atoms with van der Waals surface area (Å²) >= 11 is 0. The predicted molar refractivity (Wildman–Crippen MR) is 137 cm³/mol. The lowest BCUT2D eigenvalue weighted by molar-refractivity contribution is -0.311. The van der Waals surface area contributed by atoms with Gasteiger partial charge in [-0.3, -0.25) is 4.84 Å². The number of nitrogens with zero attached hydrogens (tertiary/aromatic N) is 1. The number of fused-ring (bicyclic) bond motifs is 1. The van der Waals surface area contributed by atoms with Gasteiger partial charge in [-0.2, -0.15) is 5.48 Å². The number of hydrogen-bond donors (Lipinski definition) is 3. The van der Waals surface area contributed by atoms with E-state index in [1.165, 1.54) is 33.3 Å². The highest BCUT2D eigenvalue weighted by Gasteiger charge is 2.54. The van der Waals surface area contributed by atoms with Crippen LogP contribution >= 0.6 is 0 Å². The fourth-order valence-electron chi connectivity index (χ4n) is 4.38.